The van der Waals surface area contributed by atoms with Gasteiger partial charge in [0.1, 0.15) is 0 Å². The van der Waals surface area contributed by atoms with Crippen molar-refractivity contribution in [1.82, 2.24) is 4.90 Å². The molecule has 1 N–H and O–H groups in total. The number of hydrogen-bond acceptors (Lipinski definition) is 3. The van der Waals surface area contributed by atoms with Crippen molar-refractivity contribution in [2.75, 3.05) is 26.2 Å². The first-order valence-corrected chi connectivity index (χ1v) is 11.0. The number of benzene rings is 2. The molecule has 2 aliphatic heterocycles. The van der Waals surface area contributed by atoms with Crippen LogP contribution in [-0.4, -0.2) is 36.2 Å². The van der Waals surface area contributed by atoms with Crippen molar-refractivity contribution in [2.45, 2.75) is 35.5 Å². The number of allylic oxidation sites excluding steroid dienone is 1. The molecule has 0 aromatic heterocycles. The quantitative estimate of drug-likeness (QED) is 0.593. The van der Waals surface area contributed by atoms with Crippen LogP contribution in [0, 0.1) is 5.92 Å². The Balaban J connectivity index is 1.49. The Morgan fingerprint density at radius 3 is 2.67 bits per heavy atom. The lowest BCUT2D eigenvalue weighted by atomic mass is 9.90. The molecule has 142 valence electrons. The first-order chi connectivity index (χ1) is 13.2. The van der Waals surface area contributed by atoms with Crippen LogP contribution >= 0.6 is 23.4 Å². The summed E-state index contributed by atoms with van der Waals surface area (Å²) < 4.78 is 0. The maximum atomic E-state index is 9.09. The SMILES string of the molecule is OCCN1CCC(CC/C=C2\c3ccccc3Sc3ccc(Cl)cc32)CC1. The first kappa shape index (κ1) is 19.1. The van der Waals surface area contributed by atoms with Crippen LogP contribution in [0.1, 0.15) is 36.8 Å². The molecule has 0 amide bonds. The fourth-order valence-electron chi connectivity index (χ4n) is 4.17. The summed E-state index contributed by atoms with van der Waals surface area (Å²) in [6.45, 7) is 3.35. The third-order valence-electron chi connectivity index (χ3n) is 5.68. The number of likely N-dealkylation sites (tertiary alicyclic amines) is 1. The predicted octanol–water partition coefficient (Wildman–Crippen LogP) is 5.72. The van der Waals surface area contributed by atoms with Gasteiger partial charge in [0.15, 0.2) is 0 Å². The zero-order chi connectivity index (χ0) is 18.6. The van der Waals surface area contributed by atoms with Crippen LogP contribution in [0.25, 0.3) is 5.57 Å². The molecule has 1 saturated heterocycles. The molecule has 2 nitrogen and oxygen atoms in total. The summed E-state index contributed by atoms with van der Waals surface area (Å²) in [6, 6.07) is 14.9. The second-order valence-electron chi connectivity index (χ2n) is 7.44. The zero-order valence-corrected chi connectivity index (χ0v) is 17.1. The van der Waals surface area contributed by atoms with Crippen molar-refractivity contribution >= 4 is 28.9 Å². The van der Waals surface area contributed by atoms with Crippen molar-refractivity contribution in [3.8, 4) is 0 Å². The maximum absolute atomic E-state index is 9.09. The maximum Gasteiger partial charge on any atom is 0.0558 e. The lowest BCUT2D eigenvalue weighted by Crippen LogP contribution is -2.35. The van der Waals surface area contributed by atoms with E-state index < -0.39 is 0 Å². The Labute approximate surface area is 171 Å². The normalized spacial score (nSPS) is 19.1. The highest BCUT2D eigenvalue weighted by atomic mass is 35.5. The molecule has 2 heterocycles. The highest BCUT2D eigenvalue weighted by molar-refractivity contribution is 7.99. The smallest absolute Gasteiger partial charge is 0.0558 e. The Bertz CT molecular complexity index is 827. The number of piperidine rings is 1. The first-order valence-electron chi connectivity index (χ1n) is 9.85. The van der Waals surface area contributed by atoms with Gasteiger partial charge in [-0.05, 0) is 85.7 Å². The average Bonchev–Trinajstić information content (AvgIpc) is 2.69. The van der Waals surface area contributed by atoms with Crippen LogP contribution in [0.4, 0.5) is 0 Å². The number of β-amino-alcohol motifs (C(OH)–C–C–N with tert-alkyl or cyclic N) is 1. The van der Waals surface area contributed by atoms with E-state index in [2.05, 4.69) is 47.4 Å². The van der Waals surface area contributed by atoms with Gasteiger partial charge in [0.2, 0.25) is 0 Å². The molecule has 0 bridgehead atoms. The van der Waals surface area contributed by atoms with E-state index in [1.807, 2.05) is 17.8 Å². The summed E-state index contributed by atoms with van der Waals surface area (Å²) in [4.78, 5) is 5.00. The Morgan fingerprint density at radius 2 is 1.85 bits per heavy atom. The summed E-state index contributed by atoms with van der Waals surface area (Å²) in [5, 5.41) is 9.89. The second kappa shape index (κ2) is 8.83. The number of rotatable bonds is 5. The van der Waals surface area contributed by atoms with Crippen LogP contribution in [0.5, 0.6) is 0 Å². The van der Waals surface area contributed by atoms with Gasteiger partial charge in [0, 0.05) is 21.4 Å². The topological polar surface area (TPSA) is 23.5 Å². The summed E-state index contributed by atoms with van der Waals surface area (Å²) in [5.74, 6) is 0.795. The standard InChI is InChI=1S/C23H26ClNOS/c24-18-8-9-23-21(16-18)19(20-5-1-2-7-22(20)27-23)6-3-4-17-10-12-25(13-11-17)14-15-26/h1-2,5-9,16-17,26H,3-4,10-15H2/b19-6+. The molecule has 0 aliphatic carbocycles. The van der Waals surface area contributed by atoms with Crippen LogP contribution in [-0.2, 0) is 0 Å². The number of halogens is 1. The van der Waals surface area contributed by atoms with E-state index in [4.69, 9.17) is 16.7 Å². The molecular formula is C23H26ClNOS. The zero-order valence-electron chi connectivity index (χ0n) is 15.5. The number of aliphatic hydroxyl groups excluding tert-OH is 1. The minimum absolute atomic E-state index is 0.274. The van der Waals surface area contributed by atoms with Crippen LogP contribution in [0.3, 0.4) is 0 Å². The fourth-order valence-corrected chi connectivity index (χ4v) is 5.43. The molecule has 0 saturated carbocycles. The summed E-state index contributed by atoms with van der Waals surface area (Å²) in [5.41, 5.74) is 3.93. The predicted molar refractivity (Wildman–Crippen MR) is 115 cm³/mol. The third-order valence-corrected chi connectivity index (χ3v) is 7.06. The van der Waals surface area contributed by atoms with Gasteiger partial charge in [0.25, 0.3) is 0 Å². The van der Waals surface area contributed by atoms with Crippen molar-refractivity contribution in [1.29, 1.82) is 0 Å². The molecular weight excluding hydrogens is 374 g/mol. The van der Waals surface area contributed by atoms with Crippen molar-refractivity contribution in [3.63, 3.8) is 0 Å². The van der Waals surface area contributed by atoms with E-state index >= 15 is 0 Å². The molecule has 0 spiro atoms. The Morgan fingerprint density at radius 1 is 1.07 bits per heavy atom. The molecule has 2 aliphatic rings. The molecule has 2 aromatic carbocycles. The van der Waals surface area contributed by atoms with Gasteiger partial charge < -0.3 is 10.0 Å². The van der Waals surface area contributed by atoms with Crippen LogP contribution in [0.2, 0.25) is 5.02 Å². The van der Waals surface area contributed by atoms with E-state index in [-0.39, 0.29) is 6.61 Å². The molecule has 4 heteroatoms. The minimum Gasteiger partial charge on any atom is -0.395 e. The fraction of sp³-hybridized carbons (Fsp3) is 0.391. The highest BCUT2D eigenvalue weighted by Gasteiger charge is 2.22. The molecule has 1 fully saturated rings. The van der Waals surface area contributed by atoms with Crippen LogP contribution < -0.4 is 0 Å². The molecule has 4 rings (SSSR count). The van der Waals surface area contributed by atoms with E-state index in [1.165, 1.54) is 45.8 Å². The average molecular weight is 400 g/mol. The number of nitrogens with zero attached hydrogens (tertiary/aromatic N) is 1. The Kier molecular flexibility index (Phi) is 6.24. The summed E-state index contributed by atoms with van der Waals surface area (Å²) >= 11 is 8.14. The molecule has 27 heavy (non-hydrogen) atoms. The number of fused-ring (bicyclic) bond motifs is 2. The van der Waals surface area contributed by atoms with E-state index in [1.54, 1.807) is 0 Å². The van der Waals surface area contributed by atoms with Crippen molar-refractivity contribution < 1.29 is 5.11 Å². The number of aliphatic hydroxyl groups is 1. The lowest BCUT2D eigenvalue weighted by Gasteiger charge is -2.31. The number of hydrogen-bond donors (Lipinski definition) is 1. The summed E-state index contributed by atoms with van der Waals surface area (Å²) in [7, 11) is 0. The van der Waals surface area contributed by atoms with Crippen LogP contribution in [0.15, 0.2) is 58.3 Å². The molecule has 0 radical (unpaired) electrons. The third kappa shape index (κ3) is 4.43. The second-order valence-corrected chi connectivity index (χ2v) is 8.96. The largest absolute Gasteiger partial charge is 0.395 e. The monoisotopic (exact) mass is 399 g/mol. The van der Waals surface area contributed by atoms with Gasteiger partial charge in [0.05, 0.1) is 6.61 Å². The molecule has 0 atom stereocenters. The van der Waals surface area contributed by atoms with Crippen molar-refractivity contribution in [3.05, 3.63) is 64.7 Å². The molecule has 2 aromatic rings. The van der Waals surface area contributed by atoms with E-state index in [0.29, 0.717) is 0 Å². The lowest BCUT2D eigenvalue weighted by molar-refractivity contribution is 0.145. The van der Waals surface area contributed by atoms with Crippen molar-refractivity contribution in [2.24, 2.45) is 5.92 Å². The van der Waals surface area contributed by atoms with Gasteiger partial charge in [-0.3, -0.25) is 0 Å². The van der Waals surface area contributed by atoms with Gasteiger partial charge in [-0.15, -0.1) is 0 Å². The van der Waals surface area contributed by atoms with E-state index in [0.717, 1.165) is 37.0 Å². The summed E-state index contributed by atoms with van der Waals surface area (Å²) in [6.07, 6.45) is 7.26. The molecule has 0 unspecified atom stereocenters. The van der Waals surface area contributed by atoms with Gasteiger partial charge in [-0.2, -0.15) is 0 Å². The van der Waals surface area contributed by atoms with Gasteiger partial charge in [-0.1, -0.05) is 47.6 Å². The Hall–Kier alpha value is -1.26. The van der Waals surface area contributed by atoms with Gasteiger partial charge >= 0.3 is 0 Å². The van der Waals surface area contributed by atoms with E-state index in [9.17, 15) is 0 Å². The van der Waals surface area contributed by atoms with Gasteiger partial charge in [-0.25, -0.2) is 0 Å². The highest BCUT2D eigenvalue weighted by Crippen LogP contribution is 2.46. The minimum atomic E-state index is 0.274.